The molecule has 3 nitrogen and oxygen atoms in total. The van der Waals surface area contributed by atoms with E-state index in [2.05, 4.69) is 10.3 Å². The van der Waals surface area contributed by atoms with Gasteiger partial charge in [-0.2, -0.15) is 0 Å². The Balaban J connectivity index is 1.44. The number of nitrogens with zero attached hydrogens (tertiary/aromatic N) is 1. The van der Waals surface area contributed by atoms with E-state index in [9.17, 15) is 4.39 Å². The summed E-state index contributed by atoms with van der Waals surface area (Å²) in [6.07, 6.45) is 7.09. The molecule has 122 valence electrons. The van der Waals surface area contributed by atoms with Gasteiger partial charge in [0.25, 0.3) is 0 Å². The van der Waals surface area contributed by atoms with Crippen molar-refractivity contribution in [2.24, 2.45) is 0 Å². The molecular weight excluding hydrogens is 311 g/mol. The number of nitrogens with one attached hydrogen (secondary N) is 1. The van der Waals surface area contributed by atoms with E-state index in [-0.39, 0.29) is 11.4 Å². The molecule has 1 saturated heterocycles. The van der Waals surface area contributed by atoms with Crippen LogP contribution < -0.4 is 5.32 Å². The lowest BCUT2D eigenvalue weighted by molar-refractivity contribution is -0.0767. The molecule has 2 aromatic rings. The number of benzene rings is 1. The molecule has 0 bridgehead atoms. The van der Waals surface area contributed by atoms with Crippen LogP contribution >= 0.6 is 11.3 Å². The van der Waals surface area contributed by atoms with Gasteiger partial charge in [-0.1, -0.05) is 12.8 Å². The van der Waals surface area contributed by atoms with Crippen molar-refractivity contribution in [2.45, 2.75) is 50.2 Å². The minimum atomic E-state index is -0.216. The first-order chi connectivity index (χ1) is 11.2. The van der Waals surface area contributed by atoms with Crippen LogP contribution in [0.25, 0.3) is 11.3 Å². The van der Waals surface area contributed by atoms with Gasteiger partial charge in [0, 0.05) is 23.6 Å². The Kier molecular flexibility index (Phi) is 4.07. The third-order valence-corrected chi connectivity index (χ3v) is 5.75. The number of aromatic nitrogens is 1. The van der Waals surface area contributed by atoms with Gasteiger partial charge in [0.05, 0.1) is 11.3 Å². The van der Waals surface area contributed by atoms with Crippen LogP contribution in [-0.4, -0.2) is 23.2 Å². The fraction of sp³-hybridized carbons (Fsp3) is 0.500. The summed E-state index contributed by atoms with van der Waals surface area (Å²) in [6.45, 7) is 0.841. The zero-order chi connectivity index (χ0) is 15.7. The number of anilines is 1. The average molecular weight is 332 g/mol. The molecule has 1 atom stereocenters. The summed E-state index contributed by atoms with van der Waals surface area (Å²) in [6, 6.07) is 6.94. The van der Waals surface area contributed by atoms with Crippen LogP contribution in [0.4, 0.5) is 9.52 Å². The third-order valence-electron chi connectivity index (χ3n) is 4.98. The second-order valence-electron chi connectivity index (χ2n) is 6.62. The molecule has 1 aromatic carbocycles. The molecule has 2 aliphatic rings. The monoisotopic (exact) mass is 332 g/mol. The van der Waals surface area contributed by atoms with Crippen molar-refractivity contribution >= 4 is 16.5 Å². The van der Waals surface area contributed by atoms with E-state index in [1.165, 1.54) is 37.8 Å². The maximum absolute atomic E-state index is 13.0. The molecule has 5 heteroatoms. The maximum atomic E-state index is 13.0. The fourth-order valence-electron chi connectivity index (χ4n) is 3.79. The third kappa shape index (κ3) is 3.26. The van der Waals surface area contributed by atoms with Crippen LogP contribution in [-0.2, 0) is 4.74 Å². The minimum absolute atomic E-state index is 0.118. The van der Waals surface area contributed by atoms with E-state index in [4.69, 9.17) is 4.74 Å². The first-order valence-electron chi connectivity index (χ1n) is 8.34. The van der Waals surface area contributed by atoms with Crippen molar-refractivity contribution in [3.05, 3.63) is 35.5 Å². The van der Waals surface area contributed by atoms with E-state index in [1.54, 1.807) is 23.5 Å². The summed E-state index contributed by atoms with van der Waals surface area (Å²) in [7, 11) is 0. The maximum Gasteiger partial charge on any atom is 0.183 e. The molecule has 0 amide bonds. The molecule has 1 aliphatic heterocycles. The second kappa shape index (κ2) is 6.21. The molecule has 1 unspecified atom stereocenters. The molecule has 4 rings (SSSR count). The highest BCUT2D eigenvalue weighted by atomic mass is 32.1. The molecule has 1 aliphatic carbocycles. The predicted molar refractivity (Wildman–Crippen MR) is 91.3 cm³/mol. The van der Waals surface area contributed by atoms with Crippen molar-refractivity contribution in [1.82, 2.24) is 4.98 Å². The van der Waals surface area contributed by atoms with Crippen molar-refractivity contribution in [3.8, 4) is 11.3 Å². The Bertz CT molecular complexity index is 664. The van der Waals surface area contributed by atoms with E-state index in [0.29, 0.717) is 6.04 Å². The van der Waals surface area contributed by atoms with Crippen LogP contribution in [0.1, 0.15) is 38.5 Å². The van der Waals surface area contributed by atoms with Gasteiger partial charge in [0.1, 0.15) is 5.82 Å². The number of thiazole rings is 1. The number of rotatable bonds is 3. The second-order valence-corrected chi connectivity index (χ2v) is 7.48. The highest BCUT2D eigenvalue weighted by molar-refractivity contribution is 7.14. The molecule has 1 spiro atoms. The zero-order valence-electron chi connectivity index (χ0n) is 13.1. The van der Waals surface area contributed by atoms with Crippen LogP contribution in [0.15, 0.2) is 29.6 Å². The molecule has 1 aromatic heterocycles. The van der Waals surface area contributed by atoms with Crippen molar-refractivity contribution in [3.63, 3.8) is 0 Å². The summed E-state index contributed by atoms with van der Waals surface area (Å²) in [5.41, 5.74) is 1.97. The lowest BCUT2D eigenvalue weighted by Crippen LogP contribution is -2.42. The van der Waals surface area contributed by atoms with Gasteiger partial charge >= 0.3 is 0 Å². The molecule has 2 fully saturated rings. The number of ether oxygens (including phenoxy) is 1. The molecule has 0 radical (unpaired) electrons. The Morgan fingerprint density at radius 1 is 1.22 bits per heavy atom. The van der Waals surface area contributed by atoms with E-state index in [1.807, 2.05) is 5.38 Å². The Morgan fingerprint density at radius 3 is 2.78 bits per heavy atom. The quantitative estimate of drug-likeness (QED) is 0.872. The zero-order valence-corrected chi connectivity index (χ0v) is 13.9. The summed E-state index contributed by atoms with van der Waals surface area (Å²) >= 11 is 1.62. The summed E-state index contributed by atoms with van der Waals surface area (Å²) in [5.74, 6) is -0.216. The first-order valence-corrected chi connectivity index (χ1v) is 9.22. The summed E-state index contributed by atoms with van der Waals surface area (Å²) in [4.78, 5) is 4.66. The van der Waals surface area contributed by atoms with Gasteiger partial charge in [0.2, 0.25) is 0 Å². The number of hydrogen-bond acceptors (Lipinski definition) is 4. The Morgan fingerprint density at radius 2 is 2.00 bits per heavy atom. The van der Waals surface area contributed by atoms with Crippen molar-refractivity contribution in [1.29, 1.82) is 0 Å². The van der Waals surface area contributed by atoms with Crippen molar-refractivity contribution in [2.75, 3.05) is 11.9 Å². The highest BCUT2D eigenvalue weighted by Crippen LogP contribution is 2.40. The molecule has 2 heterocycles. The lowest BCUT2D eigenvalue weighted by atomic mass is 9.89. The molecular formula is C18H21FN2OS. The predicted octanol–water partition coefficient (Wildman–Crippen LogP) is 4.85. The Hall–Kier alpha value is -1.46. The first kappa shape index (κ1) is 15.1. The normalized spacial score (nSPS) is 23.3. The lowest BCUT2D eigenvalue weighted by Gasteiger charge is -2.38. The summed E-state index contributed by atoms with van der Waals surface area (Å²) in [5, 5.41) is 6.56. The van der Waals surface area contributed by atoms with E-state index >= 15 is 0 Å². The number of hydrogen-bond donors (Lipinski definition) is 1. The SMILES string of the molecule is Fc1ccc(-c2csc(NC3CCOC4(CCCC4)C3)n2)cc1. The highest BCUT2D eigenvalue weighted by Gasteiger charge is 2.40. The van der Waals surface area contributed by atoms with Gasteiger partial charge in [-0.15, -0.1) is 11.3 Å². The fourth-order valence-corrected chi connectivity index (χ4v) is 4.58. The van der Waals surface area contributed by atoms with Gasteiger partial charge < -0.3 is 10.1 Å². The molecule has 23 heavy (non-hydrogen) atoms. The van der Waals surface area contributed by atoms with Gasteiger partial charge in [-0.25, -0.2) is 9.37 Å². The van der Waals surface area contributed by atoms with E-state index < -0.39 is 0 Å². The average Bonchev–Trinajstić information content (AvgIpc) is 3.19. The smallest absolute Gasteiger partial charge is 0.183 e. The van der Waals surface area contributed by atoms with Crippen molar-refractivity contribution < 1.29 is 9.13 Å². The van der Waals surface area contributed by atoms with Gasteiger partial charge in [-0.3, -0.25) is 0 Å². The van der Waals surface area contributed by atoms with Crippen LogP contribution in [0.3, 0.4) is 0 Å². The number of halogens is 1. The Labute approximate surface area is 139 Å². The van der Waals surface area contributed by atoms with E-state index in [0.717, 1.165) is 35.8 Å². The minimum Gasteiger partial charge on any atom is -0.375 e. The van der Waals surface area contributed by atoms with Gasteiger partial charge in [0.15, 0.2) is 5.13 Å². The molecule has 1 saturated carbocycles. The molecule has 1 N–H and O–H groups in total. The van der Waals surface area contributed by atoms with Crippen LogP contribution in [0, 0.1) is 5.82 Å². The topological polar surface area (TPSA) is 34.1 Å². The summed E-state index contributed by atoms with van der Waals surface area (Å²) < 4.78 is 19.1. The largest absolute Gasteiger partial charge is 0.375 e. The van der Waals surface area contributed by atoms with Gasteiger partial charge in [-0.05, 0) is 49.9 Å². The van der Waals surface area contributed by atoms with Crippen LogP contribution in [0.5, 0.6) is 0 Å². The van der Waals surface area contributed by atoms with Crippen LogP contribution in [0.2, 0.25) is 0 Å². The standard InChI is InChI=1S/C18H21FN2OS/c19-14-5-3-13(4-6-14)16-12-23-17(21-16)20-15-7-10-22-18(11-15)8-1-2-9-18/h3-6,12,15H,1-2,7-11H2,(H,20,21).